The molecule has 1 fully saturated rings. The lowest BCUT2D eigenvalue weighted by atomic mass is 10.1. The maximum Gasteiger partial charge on any atom is 0.191 e. The Bertz CT molecular complexity index is 481. The van der Waals surface area contributed by atoms with Gasteiger partial charge in [0.05, 0.1) is 6.54 Å². The highest BCUT2D eigenvalue weighted by Gasteiger charge is 2.19. The first-order valence-electron chi connectivity index (χ1n) is 7.62. The molecule has 2 N–H and O–H groups in total. The molecule has 22 heavy (non-hydrogen) atoms. The molecule has 0 aliphatic carbocycles. The van der Waals surface area contributed by atoms with Gasteiger partial charge in [-0.05, 0) is 50.6 Å². The zero-order valence-corrected chi connectivity index (χ0v) is 15.6. The summed E-state index contributed by atoms with van der Waals surface area (Å²) in [6.07, 6.45) is 1.23. The van der Waals surface area contributed by atoms with Crippen LogP contribution < -0.4 is 10.6 Å². The van der Waals surface area contributed by atoms with Gasteiger partial charge >= 0.3 is 0 Å². The highest BCUT2D eigenvalue weighted by molar-refractivity contribution is 14.0. The molecule has 1 unspecified atom stereocenters. The molecule has 1 heterocycles. The van der Waals surface area contributed by atoms with Gasteiger partial charge in [0, 0.05) is 19.6 Å². The molecule has 1 aromatic carbocycles. The lowest BCUT2D eigenvalue weighted by molar-refractivity contribution is 0.394. The second-order valence-corrected chi connectivity index (χ2v) is 5.62. The Kier molecular flexibility index (Phi) is 8.70. The third-order valence-corrected chi connectivity index (χ3v) is 3.70. The summed E-state index contributed by atoms with van der Waals surface area (Å²) < 4.78 is 13.1. The number of hydrogen-bond acceptors (Lipinski definition) is 2. The fraction of sp³-hybridized carbons (Fsp3) is 0.562. The molecule has 1 aliphatic heterocycles. The highest BCUT2D eigenvalue weighted by atomic mass is 127. The van der Waals surface area contributed by atoms with Crippen molar-refractivity contribution in [3.63, 3.8) is 0 Å². The fourth-order valence-electron chi connectivity index (χ4n) is 2.58. The van der Waals surface area contributed by atoms with Gasteiger partial charge in [-0.25, -0.2) is 9.38 Å². The lowest BCUT2D eigenvalue weighted by Crippen LogP contribution is -2.40. The summed E-state index contributed by atoms with van der Waals surface area (Å²) >= 11 is 0. The first kappa shape index (κ1) is 19.2. The summed E-state index contributed by atoms with van der Waals surface area (Å²) in [5, 5.41) is 6.62. The molecule has 1 atom stereocenters. The van der Waals surface area contributed by atoms with Gasteiger partial charge in [0.15, 0.2) is 5.96 Å². The number of hydrogen-bond donors (Lipinski definition) is 2. The molecule has 0 amide bonds. The summed E-state index contributed by atoms with van der Waals surface area (Å²) in [5.74, 6) is 1.26. The zero-order valence-electron chi connectivity index (χ0n) is 13.3. The van der Waals surface area contributed by atoms with E-state index < -0.39 is 0 Å². The van der Waals surface area contributed by atoms with Crippen LogP contribution in [0.15, 0.2) is 29.3 Å². The fourth-order valence-corrected chi connectivity index (χ4v) is 2.58. The van der Waals surface area contributed by atoms with Crippen LogP contribution in [0.1, 0.15) is 18.9 Å². The van der Waals surface area contributed by atoms with E-state index in [9.17, 15) is 4.39 Å². The Morgan fingerprint density at radius 2 is 2.23 bits per heavy atom. The Hall–Kier alpha value is -0.890. The molecule has 6 heteroatoms. The lowest BCUT2D eigenvalue weighted by Gasteiger charge is -2.15. The van der Waals surface area contributed by atoms with Crippen molar-refractivity contribution in [1.29, 1.82) is 0 Å². The SMILES string of the molecule is CCNC(=NCc1cccc(F)c1)NCC1CCN(C)C1.I. The summed E-state index contributed by atoms with van der Waals surface area (Å²) in [5.41, 5.74) is 0.882. The topological polar surface area (TPSA) is 39.7 Å². The number of aliphatic imine (C=N–C) groups is 1. The molecule has 0 saturated carbocycles. The Morgan fingerprint density at radius 1 is 1.41 bits per heavy atom. The predicted octanol–water partition coefficient (Wildman–Crippen LogP) is 2.45. The molecule has 0 radical (unpaired) electrons. The molecule has 1 aromatic rings. The Balaban J connectivity index is 0.00000242. The smallest absolute Gasteiger partial charge is 0.191 e. The van der Waals surface area contributed by atoms with Gasteiger partial charge in [-0.3, -0.25) is 0 Å². The standard InChI is InChI=1S/C16H25FN4.HI/c1-3-18-16(20-11-14-7-8-21(2)12-14)19-10-13-5-4-6-15(17)9-13;/h4-6,9,14H,3,7-8,10-12H2,1-2H3,(H2,18,19,20);1H. The van der Waals surface area contributed by atoms with Crippen LogP contribution in [0.5, 0.6) is 0 Å². The number of nitrogens with zero attached hydrogens (tertiary/aromatic N) is 2. The van der Waals surface area contributed by atoms with Crippen LogP contribution >= 0.6 is 24.0 Å². The normalized spacial score (nSPS) is 18.9. The second-order valence-electron chi connectivity index (χ2n) is 5.62. The first-order chi connectivity index (χ1) is 10.2. The summed E-state index contributed by atoms with van der Waals surface area (Å²) in [6, 6.07) is 6.59. The van der Waals surface area contributed by atoms with Gasteiger partial charge < -0.3 is 15.5 Å². The highest BCUT2D eigenvalue weighted by Crippen LogP contribution is 2.12. The molecule has 1 aliphatic rings. The molecule has 0 spiro atoms. The summed E-state index contributed by atoms with van der Waals surface area (Å²) in [7, 11) is 2.16. The Morgan fingerprint density at radius 3 is 2.86 bits per heavy atom. The quantitative estimate of drug-likeness (QED) is 0.437. The third-order valence-electron chi connectivity index (χ3n) is 3.70. The van der Waals surface area contributed by atoms with E-state index in [0.717, 1.165) is 31.2 Å². The number of rotatable bonds is 5. The number of nitrogens with one attached hydrogen (secondary N) is 2. The predicted molar refractivity (Wildman–Crippen MR) is 100 cm³/mol. The number of likely N-dealkylation sites (tertiary alicyclic amines) is 1. The molecule has 0 aromatic heterocycles. The largest absolute Gasteiger partial charge is 0.357 e. The van der Waals surface area contributed by atoms with Crippen molar-refractivity contribution in [2.24, 2.45) is 10.9 Å². The van der Waals surface area contributed by atoms with E-state index in [1.54, 1.807) is 6.07 Å². The number of halogens is 2. The van der Waals surface area contributed by atoms with Crippen molar-refractivity contribution in [3.8, 4) is 0 Å². The van der Waals surface area contributed by atoms with Crippen LogP contribution in [-0.2, 0) is 6.54 Å². The van der Waals surface area contributed by atoms with Gasteiger partial charge in [-0.15, -0.1) is 24.0 Å². The van der Waals surface area contributed by atoms with E-state index in [-0.39, 0.29) is 29.8 Å². The summed E-state index contributed by atoms with van der Waals surface area (Å²) in [4.78, 5) is 6.87. The molecule has 2 rings (SSSR count). The molecule has 0 bridgehead atoms. The van der Waals surface area contributed by atoms with Crippen LogP contribution in [0, 0.1) is 11.7 Å². The van der Waals surface area contributed by atoms with Crippen molar-refractivity contribution < 1.29 is 4.39 Å². The van der Waals surface area contributed by atoms with Gasteiger partial charge in [0.25, 0.3) is 0 Å². The maximum atomic E-state index is 13.1. The molecule has 124 valence electrons. The van der Waals surface area contributed by atoms with E-state index in [4.69, 9.17) is 0 Å². The van der Waals surface area contributed by atoms with Crippen LogP contribution in [0.3, 0.4) is 0 Å². The van der Waals surface area contributed by atoms with E-state index >= 15 is 0 Å². The molecular formula is C16H26FIN4. The monoisotopic (exact) mass is 420 g/mol. The van der Waals surface area contributed by atoms with Crippen molar-refractivity contribution >= 4 is 29.9 Å². The van der Waals surface area contributed by atoms with E-state index in [1.807, 2.05) is 13.0 Å². The maximum absolute atomic E-state index is 13.1. The van der Waals surface area contributed by atoms with Crippen molar-refractivity contribution in [2.75, 3.05) is 33.2 Å². The minimum atomic E-state index is -0.213. The molecule has 1 saturated heterocycles. The van der Waals surface area contributed by atoms with Crippen LogP contribution in [0.4, 0.5) is 4.39 Å². The first-order valence-corrected chi connectivity index (χ1v) is 7.62. The van der Waals surface area contributed by atoms with E-state index in [0.29, 0.717) is 12.5 Å². The van der Waals surface area contributed by atoms with Crippen LogP contribution in [0.25, 0.3) is 0 Å². The van der Waals surface area contributed by atoms with Gasteiger partial charge in [0.1, 0.15) is 5.82 Å². The average molecular weight is 420 g/mol. The minimum absolute atomic E-state index is 0. The Labute approximate surface area is 149 Å². The van der Waals surface area contributed by atoms with Crippen molar-refractivity contribution in [1.82, 2.24) is 15.5 Å². The third kappa shape index (κ3) is 6.48. The average Bonchev–Trinajstić information content (AvgIpc) is 2.88. The van der Waals surface area contributed by atoms with Crippen molar-refractivity contribution in [3.05, 3.63) is 35.6 Å². The van der Waals surface area contributed by atoms with E-state index in [1.165, 1.54) is 25.1 Å². The van der Waals surface area contributed by atoms with Gasteiger partial charge in [-0.2, -0.15) is 0 Å². The number of benzene rings is 1. The van der Waals surface area contributed by atoms with Gasteiger partial charge in [-0.1, -0.05) is 12.1 Å². The second kappa shape index (κ2) is 9.99. The van der Waals surface area contributed by atoms with Crippen molar-refractivity contribution in [2.45, 2.75) is 19.9 Å². The van der Waals surface area contributed by atoms with Crippen LogP contribution in [0.2, 0.25) is 0 Å². The molecular weight excluding hydrogens is 394 g/mol. The zero-order chi connectivity index (χ0) is 15.1. The minimum Gasteiger partial charge on any atom is -0.357 e. The molecule has 4 nitrogen and oxygen atoms in total. The van der Waals surface area contributed by atoms with Crippen LogP contribution in [-0.4, -0.2) is 44.1 Å². The summed E-state index contributed by atoms with van der Waals surface area (Å²) in [6.45, 7) is 6.58. The number of guanidine groups is 1. The van der Waals surface area contributed by atoms with E-state index in [2.05, 4.69) is 27.6 Å². The van der Waals surface area contributed by atoms with Gasteiger partial charge in [0.2, 0.25) is 0 Å².